The predicted octanol–water partition coefficient (Wildman–Crippen LogP) is 5.35. The van der Waals surface area contributed by atoms with Crippen LogP contribution in [0.2, 0.25) is 0 Å². The number of aromatic nitrogens is 1. The van der Waals surface area contributed by atoms with Crippen LogP contribution in [0.1, 0.15) is 29.2 Å². The van der Waals surface area contributed by atoms with Crippen molar-refractivity contribution >= 4 is 5.91 Å². The van der Waals surface area contributed by atoms with E-state index in [4.69, 9.17) is 4.52 Å². The summed E-state index contributed by atoms with van der Waals surface area (Å²) in [5.74, 6) is 0.581. The fourth-order valence-corrected chi connectivity index (χ4v) is 4.66. The highest BCUT2D eigenvalue weighted by Crippen LogP contribution is 2.29. The van der Waals surface area contributed by atoms with Crippen molar-refractivity contribution in [3.8, 4) is 11.3 Å². The van der Waals surface area contributed by atoms with Crippen LogP contribution < -0.4 is 0 Å². The zero-order valence-electron chi connectivity index (χ0n) is 19.5. The van der Waals surface area contributed by atoms with Crippen molar-refractivity contribution in [2.45, 2.75) is 18.9 Å². The zero-order valence-corrected chi connectivity index (χ0v) is 19.5. The molecule has 35 heavy (non-hydrogen) atoms. The molecule has 3 aromatic carbocycles. The molecule has 0 aliphatic carbocycles. The Bertz CT molecular complexity index is 1210. The Balaban J connectivity index is 1.19. The number of halogens is 1. The largest absolute Gasteiger partial charge is 0.359 e. The summed E-state index contributed by atoms with van der Waals surface area (Å²) in [6.07, 6.45) is 0.447. The molecule has 1 fully saturated rings. The fourth-order valence-electron chi connectivity index (χ4n) is 4.66. The highest BCUT2D eigenvalue weighted by atomic mass is 19.1. The van der Waals surface area contributed by atoms with Gasteiger partial charge in [-0.2, -0.15) is 0 Å². The Morgan fingerprint density at radius 1 is 0.857 bits per heavy atom. The summed E-state index contributed by atoms with van der Waals surface area (Å²) in [7, 11) is 0. The van der Waals surface area contributed by atoms with E-state index in [1.165, 1.54) is 6.07 Å². The molecule has 178 valence electrons. The molecule has 0 unspecified atom stereocenters. The summed E-state index contributed by atoms with van der Waals surface area (Å²) in [4.78, 5) is 17.5. The van der Waals surface area contributed by atoms with Crippen LogP contribution in [-0.4, -0.2) is 47.0 Å². The lowest BCUT2D eigenvalue weighted by atomic mass is 9.88. The molecule has 6 heteroatoms. The van der Waals surface area contributed by atoms with Gasteiger partial charge < -0.3 is 9.42 Å². The molecule has 2 heterocycles. The van der Waals surface area contributed by atoms with E-state index in [2.05, 4.69) is 34.3 Å². The van der Waals surface area contributed by atoms with Gasteiger partial charge in [-0.25, -0.2) is 4.39 Å². The third kappa shape index (κ3) is 5.49. The molecule has 0 spiro atoms. The minimum absolute atomic E-state index is 0.0360. The number of hydrogen-bond acceptors (Lipinski definition) is 4. The number of piperazine rings is 1. The van der Waals surface area contributed by atoms with Crippen LogP contribution in [0, 0.1) is 5.82 Å². The van der Waals surface area contributed by atoms with Crippen molar-refractivity contribution < 1.29 is 13.7 Å². The number of carbonyl (C=O) groups is 1. The van der Waals surface area contributed by atoms with Crippen LogP contribution in [0.4, 0.5) is 4.39 Å². The van der Waals surface area contributed by atoms with Crippen molar-refractivity contribution in [1.82, 2.24) is 15.0 Å². The highest BCUT2D eigenvalue weighted by molar-refractivity contribution is 5.78. The van der Waals surface area contributed by atoms with Gasteiger partial charge in [0.05, 0.1) is 6.54 Å². The number of hydrogen-bond donors (Lipinski definition) is 0. The molecule has 0 atom stereocenters. The van der Waals surface area contributed by atoms with Gasteiger partial charge >= 0.3 is 0 Å². The maximum atomic E-state index is 14.0. The van der Waals surface area contributed by atoms with Gasteiger partial charge in [0.25, 0.3) is 0 Å². The molecular weight excluding hydrogens is 441 g/mol. The summed E-state index contributed by atoms with van der Waals surface area (Å²) in [6, 6.07) is 28.8. The van der Waals surface area contributed by atoms with Gasteiger partial charge in [0.15, 0.2) is 5.76 Å². The molecule has 1 aliphatic heterocycles. The molecule has 0 radical (unpaired) electrons. The zero-order chi connectivity index (χ0) is 24.0. The van der Waals surface area contributed by atoms with Crippen LogP contribution >= 0.6 is 0 Å². The smallest absolute Gasteiger partial charge is 0.223 e. The van der Waals surface area contributed by atoms with E-state index < -0.39 is 0 Å². The van der Waals surface area contributed by atoms with E-state index in [1.54, 1.807) is 24.3 Å². The van der Waals surface area contributed by atoms with Gasteiger partial charge in [-0.1, -0.05) is 78.0 Å². The van der Waals surface area contributed by atoms with E-state index in [0.29, 0.717) is 43.1 Å². The molecule has 0 saturated carbocycles. The van der Waals surface area contributed by atoms with Gasteiger partial charge in [0.2, 0.25) is 5.91 Å². The molecule has 5 nitrogen and oxygen atoms in total. The SMILES string of the molecule is O=C(CC(c1ccccc1)c1ccccc1)N1CCN(Cc2cc(-c3ccccc3F)no2)CC1. The maximum Gasteiger partial charge on any atom is 0.223 e. The Labute approximate surface area is 204 Å². The van der Waals surface area contributed by atoms with Crippen molar-refractivity contribution in [3.63, 3.8) is 0 Å². The van der Waals surface area contributed by atoms with Crippen LogP contribution in [-0.2, 0) is 11.3 Å². The average Bonchev–Trinajstić information content (AvgIpc) is 3.37. The molecule has 5 rings (SSSR count). The minimum Gasteiger partial charge on any atom is -0.359 e. The number of amides is 1. The van der Waals surface area contributed by atoms with Gasteiger partial charge in [-0.3, -0.25) is 9.69 Å². The third-order valence-corrected chi connectivity index (χ3v) is 6.60. The van der Waals surface area contributed by atoms with Crippen molar-refractivity contribution in [2.24, 2.45) is 0 Å². The molecule has 0 bridgehead atoms. The summed E-state index contributed by atoms with van der Waals surface area (Å²) >= 11 is 0. The van der Waals surface area contributed by atoms with E-state index in [1.807, 2.05) is 41.3 Å². The summed E-state index contributed by atoms with van der Waals surface area (Å²) in [6.45, 7) is 3.43. The van der Waals surface area contributed by atoms with Gasteiger partial charge in [-0.15, -0.1) is 0 Å². The first-order chi connectivity index (χ1) is 17.2. The number of carbonyl (C=O) groups excluding carboxylic acids is 1. The minimum atomic E-state index is -0.316. The topological polar surface area (TPSA) is 49.6 Å². The first kappa shape index (κ1) is 23.0. The molecular formula is C29H28FN3O2. The molecule has 0 N–H and O–H groups in total. The molecule has 4 aromatic rings. The van der Waals surface area contributed by atoms with Gasteiger partial charge in [0, 0.05) is 50.1 Å². The second-order valence-electron chi connectivity index (χ2n) is 8.89. The Kier molecular flexibility index (Phi) is 7.00. The lowest BCUT2D eigenvalue weighted by molar-refractivity contribution is -0.133. The van der Waals surface area contributed by atoms with E-state index in [-0.39, 0.29) is 17.6 Å². The number of benzene rings is 3. The van der Waals surface area contributed by atoms with E-state index in [9.17, 15) is 9.18 Å². The van der Waals surface area contributed by atoms with Crippen molar-refractivity contribution in [1.29, 1.82) is 0 Å². The normalized spacial score (nSPS) is 14.4. The van der Waals surface area contributed by atoms with Gasteiger partial charge in [-0.05, 0) is 23.3 Å². The highest BCUT2D eigenvalue weighted by Gasteiger charge is 2.26. The molecule has 1 aromatic heterocycles. The monoisotopic (exact) mass is 469 g/mol. The third-order valence-electron chi connectivity index (χ3n) is 6.60. The summed E-state index contributed by atoms with van der Waals surface area (Å²) in [5, 5.41) is 4.04. The first-order valence-electron chi connectivity index (χ1n) is 12.0. The lowest BCUT2D eigenvalue weighted by Gasteiger charge is -2.35. The maximum absolute atomic E-state index is 14.0. The molecule has 1 amide bonds. The van der Waals surface area contributed by atoms with Crippen molar-refractivity contribution in [2.75, 3.05) is 26.2 Å². The summed E-state index contributed by atoms with van der Waals surface area (Å²) in [5.41, 5.74) is 3.24. The van der Waals surface area contributed by atoms with Crippen LogP contribution in [0.3, 0.4) is 0 Å². The van der Waals surface area contributed by atoms with Gasteiger partial charge in [0.1, 0.15) is 11.5 Å². The van der Waals surface area contributed by atoms with Crippen molar-refractivity contribution in [3.05, 3.63) is 114 Å². The number of nitrogens with zero attached hydrogens (tertiary/aromatic N) is 3. The molecule has 1 aliphatic rings. The second kappa shape index (κ2) is 10.7. The Morgan fingerprint density at radius 3 is 2.09 bits per heavy atom. The summed E-state index contributed by atoms with van der Waals surface area (Å²) < 4.78 is 19.5. The quantitative estimate of drug-likeness (QED) is 0.366. The lowest BCUT2D eigenvalue weighted by Crippen LogP contribution is -2.48. The predicted molar refractivity (Wildman–Crippen MR) is 133 cm³/mol. The van der Waals surface area contributed by atoms with E-state index >= 15 is 0 Å². The Morgan fingerprint density at radius 2 is 1.46 bits per heavy atom. The second-order valence-corrected chi connectivity index (χ2v) is 8.89. The van der Waals surface area contributed by atoms with E-state index in [0.717, 1.165) is 24.2 Å². The fraction of sp³-hybridized carbons (Fsp3) is 0.241. The standard InChI is InChI=1S/C29H28FN3O2/c30-27-14-8-7-13-25(27)28-19-24(35-31-28)21-32-15-17-33(18-16-32)29(34)20-26(22-9-3-1-4-10-22)23-11-5-2-6-12-23/h1-14,19,26H,15-18,20-21H2. The first-order valence-corrected chi connectivity index (χ1v) is 12.0. The Hall–Kier alpha value is -3.77. The average molecular weight is 470 g/mol. The van der Waals surface area contributed by atoms with Crippen LogP contribution in [0.15, 0.2) is 95.5 Å². The van der Waals surface area contributed by atoms with Crippen LogP contribution in [0.5, 0.6) is 0 Å². The van der Waals surface area contributed by atoms with Crippen LogP contribution in [0.25, 0.3) is 11.3 Å². The number of rotatable bonds is 7. The molecule has 1 saturated heterocycles.